The van der Waals surface area contributed by atoms with Crippen molar-refractivity contribution in [1.29, 1.82) is 0 Å². The summed E-state index contributed by atoms with van der Waals surface area (Å²) < 4.78 is 1.43. The molecule has 2 heteroatoms. The van der Waals surface area contributed by atoms with E-state index in [2.05, 4.69) is 60.7 Å². The highest BCUT2D eigenvalue weighted by Crippen LogP contribution is 2.31. The first-order valence-corrected chi connectivity index (χ1v) is 11.7. The standard InChI is InChI=1S/C21H28NSi/c1-4-10-20(11-5-1)23(21-12-6-2-7-13-21)18-16-22(17-19-23)14-8-3-9-15-22/h1-2,4-7,10-13H,3,8-9,14-19H2/q+1. The van der Waals surface area contributed by atoms with Crippen molar-refractivity contribution in [3.63, 3.8) is 0 Å². The summed E-state index contributed by atoms with van der Waals surface area (Å²) in [6.45, 7) is 5.70. The smallest absolute Gasteiger partial charge is 0.129 e. The second-order valence-corrected chi connectivity index (χ2v) is 11.9. The van der Waals surface area contributed by atoms with Gasteiger partial charge in [0, 0.05) is 12.1 Å². The number of nitrogens with zero attached hydrogens (tertiary/aromatic N) is 1. The van der Waals surface area contributed by atoms with Crippen molar-refractivity contribution in [3.05, 3.63) is 60.7 Å². The maximum Gasteiger partial charge on any atom is 0.129 e. The zero-order valence-corrected chi connectivity index (χ0v) is 15.1. The maximum atomic E-state index is 2.41. The van der Waals surface area contributed by atoms with Crippen LogP contribution in [0.2, 0.25) is 12.1 Å². The van der Waals surface area contributed by atoms with E-state index in [0.29, 0.717) is 0 Å². The third kappa shape index (κ3) is 2.79. The number of quaternary nitrogens is 1. The zero-order chi connectivity index (χ0) is 15.6. The molecule has 0 atom stereocenters. The summed E-state index contributed by atoms with van der Waals surface area (Å²) in [6.07, 6.45) is 4.36. The molecule has 0 aromatic heterocycles. The van der Waals surface area contributed by atoms with Crippen LogP contribution in [-0.4, -0.2) is 38.7 Å². The van der Waals surface area contributed by atoms with Crippen molar-refractivity contribution in [2.45, 2.75) is 31.4 Å². The Labute approximate surface area is 141 Å². The minimum absolute atomic E-state index is 1.41. The summed E-state index contributed by atoms with van der Waals surface area (Å²) >= 11 is 0. The molecule has 2 aromatic rings. The molecule has 120 valence electrons. The van der Waals surface area contributed by atoms with E-state index in [1.165, 1.54) is 62.0 Å². The lowest BCUT2D eigenvalue weighted by Gasteiger charge is -2.49. The number of benzene rings is 2. The van der Waals surface area contributed by atoms with Gasteiger partial charge in [0.05, 0.1) is 26.2 Å². The molecule has 2 fully saturated rings. The van der Waals surface area contributed by atoms with Crippen molar-refractivity contribution < 1.29 is 4.48 Å². The molecular weight excluding hydrogens is 294 g/mol. The Morgan fingerprint density at radius 3 is 1.52 bits per heavy atom. The van der Waals surface area contributed by atoms with Gasteiger partial charge >= 0.3 is 0 Å². The van der Waals surface area contributed by atoms with E-state index >= 15 is 0 Å². The van der Waals surface area contributed by atoms with Crippen LogP contribution >= 0.6 is 0 Å². The van der Waals surface area contributed by atoms with Crippen LogP contribution in [0.25, 0.3) is 0 Å². The van der Waals surface area contributed by atoms with Gasteiger partial charge in [-0.25, -0.2) is 0 Å². The van der Waals surface area contributed by atoms with Crippen LogP contribution in [0.5, 0.6) is 0 Å². The lowest BCUT2D eigenvalue weighted by Crippen LogP contribution is -2.68. The quantitative estimate of drug-likeness (QED) is 0.588. The average Bonchev–Trinajstić information content (AvgIpc) is 2.65. The monoisotopic (exact) mass is 322 g/mol. The molecule has 2 heterocycles. The zero-order valence-electron chi connectivity index (χ0n) is 14.1. The second kappa shape index (κ2) is 6.25. The fourth-order valence-electron chi connectivity index (χ4n) is 4.98. The topological polar surface area (TPSA) is 0 Å². The molecule has 0 aliphatic carbocycles. The molecule has 2 saturated heterocycles. The van der Waals surface area contributed by atoms with Crippen LogP contribution in [0.4, 0.5) is 0 Å². The summed E-state index contributed by atoms with van der Waals surface area (Å²) in [6, 6.07) is 25.8. The molecule has 1 spiro atoms. The van der Waals surface area contributed by atoms with Gasteiger partial charge in [-0.1, -0.05) is 71.0 Å². The number of hydrogen-bond donors (Lipinski definition) is 0. The third-order valence-corrected chi connectivity index (χ3v) is 11.5. The first-order chi connectivity index (χ1) is 11.3. The molecule has 0 radical (unpaired) electrons. The van der Waals surface area contributed by atoms with Crippen LogP contribution in [0.1, 0.15) is 19.3 Å². The predicted octanol–water partition coefficient (Wildman–Crippen LogP) is 3.26. The fraction of sp³-hybridized carbons (Fsp3) is 0.429. The summed E-state index contributed by atoms with van der Waals surface area (Å²) in [5, 5.41) is 3.31. The van der Waals surface area contributed by atoms with E-state index in [-0.39, 0.29) is 0 Å². The Morgan fingerprint density at radius 1 is 0.565 bits per heavy atom. The summed E-state index contributed by atoms with van der Waals surface area (Å²) in [5.74, 6) is 0. The van der Waals surface area contributed by atoms with E-state index in [1.807, 2.05) is 0 Å². The number of rotatable bonds is 2. The van der Waals surface area contributed by atoms with Crippen LogP contribution in [0, 0.1) is 0 Å². The van der Waals surface area contributed by atoms with Crippen molar-refractivity contribution in [2.24, 2.45) is 0 Å². The van der Waals surface area contributed by atoms with E-state index in [1.54, 1.807) is 10.4 Å². The van der Waals surface area contributed by atoms with E-state index < -0.39 is 8.07 Å². The van der Waals surface area contributed by atoms with Gasteiger partial charge < -0.3 is 4.48 Å². The van der Waals surface area contributed by atoms with E-state index in [9.17, 15) is 0 Å². The van der Waals surface area contributed by atoms with Gasteiger partial charge in [-0.15, -0.1) is 0 Å². The molecule has 23 heavy (non-hydrogen) atoms. The Bertz CT molecular complexity index is 580. The minimum atomic E-state index is -1.56. The van der Waals surface area contributed by atoms with Gasteiger partial charge in [0.1, 0.15) is 8.07 Å². The van der Waals surface area contributed by atoms with Gasteiger partial charge in [-0.05, 0) is 19.3 Å². The Hall–Kier alpha value is -1.38. The molecule has 0 amide bonds. The fourth-order valence-corrected chi connectivity index (χ4v) is 10.1. The van der Waals surface area contributed by atoms with Crippen LogP contribution in [0.15, 0.2) is 60.7 Å². The van der Waals surface area contributed by atoms with Crippen molar-refractivity contribution >= 4 is 18.4 Å². The first-order valence-electron chi connectivity index (χ1n) is 9.29. The van der Waals surface area contributed by atoms with Crippen LogP contribution in [-0.2, 0) is 0 Å². The van der Waals surface area contributed by atoms with Gasteiger partial charge in [0.2, 0.25) is 0 Å². The van der Waals surface area contributed by atoms with Gasteiger partial charge in [0.15, 0.2) is 0 Å². The summed E-state index contributed by atoms with van der Waals surface area (Å²) in [5.41, 5.74) is 0. The SMILES string of the molecule is c1ccc([Si]2(c3ccccc3)CC[N+]3(CCCCC3)CC2)cc1. The van der Waals surface area contributed by atoms with Crippen LogP contribution < -0.4 is 10.4 Å². The van der Waals surface area contributed by atoms with Crippen LogP contribution in [0.3, 0.4) is 0 Å². The van der Waals surface area contributed by atoms with Crippen molar-refractivity contribution in [1.82, 2.24) is 0 Å². The van der Waals surface area contributed by atoms with E-state index in [4.69, 9.17) is 0 Å². The molecule has 4 rings (SSSR count). The first kappa shape index (κ1) is 15.2. The molecule has 2 aliphatic heterocycles. The molecule has 0 N–H and O–H groups in total. The van der Waals surface area contributed by atoms with E-state index in [0.717, 1.165) is 0 Å². The highest BCUT2D eigenvalue weighted by molar-refractivity contribution is 7.02. The van der Waals surface area contributed by atoms with Gasteiger partial charge in [-0.2, -0.15) is 0 Å². The molecule has 0 saturated carbocycles. The lowest BCUT2D eigenvalue weighted by molar-refractivity contribution is -0.930. The average molecular weight is 323 g/mol. The Balaban J connectivity index is 1.69. The van der Waals surface area contributed by atoms with Crippen molar-refractivity contribution in [3.8, 4) is 0 Å². The molecular formula is C21H28NSi+. The molecule has 1 nitrogen and oxygen atoms in total. The Kier molecular flexibility index (Phi) is 4.12. The number of hydrogen-bond acceptors (Lipinski definition) is 0. The largest absolute Gasteiger partial charge is 0.324 e. The summed E-state index contributed by atoms with van der Waals surface area (Å²) in [4.78, 5) is 0. The van der Waals surface area contributed by atoms with Gasteiger partial charge in [-0.3, -0.25) is 0 Å². The minimum Gasteiger partial charge on any atom is -0.324 e. The molecule has 0 unspecified atom stereocenters. The molecule has 0 bridgehead atoms. The maximum absolute atomic E-state index is 2.41. The predicted molar refractivity (Wildman–Crippen MR) is 101 cm³/mol. The van der Waals surface area contributed by atoms with Gasteiger partial charge in [0.25, 0.3) is 0 Å². The summed E-state index contributed by atoms with van der Waals surface area (Å²) in [7, 11) is -1.56. The van der Waals surface area contributed by atoms with Crippen molar-refractivity contribution in [2.75, 3.05) is 26.2 Å². The normalized spacial score (nSPS) is 22.8. The highest BCUT2D eigenvalue weighted by atomic mass is 28.3. The second-order valence-electron chi connectivity index (χ2n) is 7.61. The number of piperidine rings is 1. The lowest BCUT2D eigenvalue weighted by atomic mass is 10.1. The Morgan fingerprint density at radius 2 is 1.04 bits per heavy atom. The third-order valence-electron chi connectivity index (χ3n) is 6.44. The molecule has 2 aromatic carbocycles. The molecule has 2 aliphatic rings. The highest BCUT2D eigenvalue weighted by Gasteiger charge is 2.46.